The highest BCUT2D eigenvalue weighted by Gasteiger charge is 2.06. The number of carbonyl (C=O) groups is 1. The highest BCUT2D eigenvalue weighted by molar-refractivity contribution is 5.94. The van der Waals surface area contributed by atoms with Crippen molar-refractivity contribution in [2.75, 3.05) is 7.11 Å². The van der Waals surface area contributed by atoms with Crippen molar-refractivity contribution in [1.29, 1.82) is 0 Å². The molecule has 0 N–H and O–H groups in total. The molecule has 0 fully saturated rings. The van der Waals surface area contributed by atoms with Crippen molar-refractivity contribution in [3.05, 3.63) is 40.1 Å². The first-order valence-electron chi connectivity index (χ1n) is 3.85. The zero-order chi connectivity index (χ0) is 9.84. The fourth-order valence-electron chi connectivity index (χ4n) is 1.02. The van der Waals surface area contributed by atoms with Crippen molar-refractivity contribution >= 4 is 5.78 Å². The van der Waals surface area contributed by atoms with E-state index in [0.29, 0.717) is 0 Å². The molecule has 0 heterocycles. The number of hydrogen-bond acceptors (Lipinski definition) is 3. The van der Waals surface area contributed by atoms with Gasteiger partial charge in [0.15, 0.2) is 11.5 Å². The zero-order valence-corrected chi connectivity index (χ0v) is 7.53. The summed E-state index contributed by atoms with van der Waals surface area (Å²) in [5.74, 6) is -0.0605. The Morgan fingerprint density at radius 3 is 2.46 bits per heavy atom. The third-order valence-corrected chi connectivity index (χ3v) is 1.69. The molecular weight excluding hydrogens is 168 g/mol. The van der Waals surface area contributed by atoms with Crippen LogP contribution < -0.4 is 10.2 Å². The number of carbonyl (C=O) groups excluding carboxylic acids is 1. The lowest BCUT2D eigenvalue weighted by atomic mass is 10.2. The fourth-order valence-corrected chi connectivity index (χ4v) is 1.02. The summed E-state index contributed by atoms with van der Waals surface area (Å²) in [6, 6.07) is 6.33. The molecular formula is C10H10O3. The SMILES string of the molecule is COc1ccccc(C(C)=O)c1=O. The second-order valence-corrected chi connectivity index (χ2v) is 2.59. The summed E-state index contributed by atoms with van der Waals surface area (Å²) in [5, 5.41) is 0. The van der Waals surface area contributed by atoms with Crippen LogP contribution in [0.5, 0.6) is 5.75 Å². The van der Waals surface area contributed by atoms with Crippen LogP contribution in [0.15, 0.2) is 29.1 Å². The topological polar surface area (TPSA) is 43.4 Å². The first kappa shape index (κ1) is 9.45. The highest BCUT2D eigenvalue weighted by atomic mass is 16.5. The normalized spacial score (nSPS) is 9.38. The number of ketones is 1. The molecule has 0 saturated carbocycles. The van der Waals surface area contributed by atoms with Gasteiger partial charge in [-0.25, -0.2) is 0 Å². The summed E-state index contributed by atoms with van der Waals surface area (Å²) >= 11 is 0. The molecule has 0 bridgehead atoms. The average molecular weight is 178 g/mol. The van der Waals surface area contributed by atoms with Crippen molar-refractivity contribution in [3.8, 4) is 5.75 Å². The molecule has 0 aromatic heterocycles. The zero-order valence-electron chi connectivity index (χ0n) is 7.53. The van der Waals surface area contributed by atoms with Crippen LogP contribution >= 0.6 is 0 Å². The van der Waals surface area contributed by atoms with E-state index in [4.69, 9.17) is 4.74 Å². The van der Waals surface area contributed by atoms with Crippen LogP contribution in [0, 0.1) is 0 Å². The van der Waals surface area contributed by atoms with Crippen molar-refractivity contribution < 1.29 is 9.53 Å². The van der Waals surface area contributed by atoms with Gasteiger partial charge in [-0.3, -0.25) is 9.59 Å². The maximum atomic E-state index is 11.5. The van der Waals surface area contributed by atoms with Gasteiger partial charge < -0.3 is 4.74 Å². The Balaban J connectivity index is 3.49. The van der Waals surface area contributed by atoms with Crippen LogP contribution in [0.25, 0.3) is 0 Å². The van der Waals surface area contributed by atoms with E-state index in [0.717, 1.165) is 0 Å². The number of Topliss-reactive ketones (excluding diaryl/α,β-unsaturated/α-hetero) is 1. The van der Waals surface area contributed by atoms with Crippen LogP contribution in [0.3, 0.4) is 0 Å². The average Bonchev–Trinajstić information content (AvgIpc) is 2.26. The van der Waals surface area contributed by atoms with E-state index in [1.807, 2.05) is 0 Å². The smallest absolute Gasteiger partial charge is 0.231 e. The van der Waals surface area contributed by atoms with Crippen LogP contribution in [-0.2, 0) is 0 Å². The van der Waals surface area contributed by atoms with Crippen molar-refractivity contribution in [2.45, 2.75) is 6.92 Å². The Kier molecular flexibility index (Phi) is 2.80. The maximum Gasteiger partial charge on any atom is 0.231 e. The van der Waals surface area contributed by atoms with E-state index in [-0.39, 0.29) is 22.5 Å². The quantitative estimate of drug-likeness (QED) is 0.640. The molecule has 0 aliphatic carbocycles. The van der Waals surface area contributed by atoms with Crippen LogP contribution in [0.1, 0.15) is 17.3 Å². The number of hydrogen-bond donors (Lipinski definition) is 0. The molecule has 3 heteroatoms. The molecule has 0 aliphatic rings. The molecule has 1 aromatic carbocycles. The van der Waals surface area contributed by atoms with Gasteiger partial charge in [0.25, 0.3) is 0 Å². The van der Waals surface area contributed by atoms with Gasteiger partial charge in [-0.05, 0) is 19.1 Å². The highest BCUT2D eigenvalue weighted by Crippen LogP contribution is 2.02. The summed E-state index contributed by atoms with van der Waals surface area (Å²) in [5.41, 5.74) is -0.207. The lowest BCUT2D eigenvalue weighted by Crippen LogP contribution is -2.11. The Morgan fingerprint density at radius 1 is 1.31 bits per heavy atom. The van der Waals surface area contributed by atoms with E-state index in [9.17, 15) is 9.59 Å². The summed E-state index contributed by atoms with van der Waals surface area (Å²) in [7, 11) is 1.40. The van der Waals surface area contributed by atoms with Gasteiger partial charge in [-0.15, -0.1) is 0 Å². The van der Waals surface area contributed by atoms with Crippen molar-refractivity contribution in [1.82, 2.24) is 0 Å². The van der Waals surface area contributed by atoms with E-state index in [2.05, 4.69) is 0 Å². The van der Waals surface area contributed by atoms with Gasteiger partial charge in [-0.1, -0.05) is 12.1 Å². The molecule has 13 heavy (non-hydrogen) atoms. The minimum absolute atomic E-state index is 0.154. The number of methoxy groups -OCH3 is 1. The molecule has 0 saturated heterocycles. The molecule has 0 radical (unpaired) electrons. The lowest BCUT2D eigenvalue weighted by Gasteiger charge is -1.93. The van der Waals surface area contributed by atoms with E-state index in [1.54, 1.807) is 12.1 Å². The van der Waals surface area contributed by atoms with E-state index in [1.165, 1.54) is 26.2 Å². The third kappa shape index (κ3) is 1.93. The molecule has 68 valence electrons. The van der Waals surface area contributed by atoms with Crippen molar-refractivity contribution in [2.24, 2.45) is 0 Å². The maximum absolute atomic E-state index is 11.5. The van der Waals surface area contributed by atoms with E-state index < -0.39 is 0 Å². The summed E-state index contributed by atoms with van der Waals surface area (Å²) in [6.07, 6.45) is 0. The molecule has 0 atom stereocenters. The summed E-state index contributed by atoms with van der Waals surface area (Å²) < 4.78 is 4.83. The third-order valence-electron chi connectivity index (χ3n) is 1.69. The Morgan fingerprint density at radius 2 is 1.92 bits per heavy atom. The molecule has 1 rings (SSSR count). The molecule has 0 unspecified atom stereocenters. The van der Waals surface area contributed by atoms with Gasteiger partial charge in [0, 0.05) is 0 Å². The second-order valence-electron chi connectivity index (χ2n) is 2.59. The monoisotopic (exact) mass is 178 g/mol. The standard InChI is InChI=1S/C10H10O3/c1-7(11)8-5-3-4-6-9(13-2)10(8)12/h3-6H,1-2H3. The fraction of sp³-hybridized carbons (Fsp3) is 0.200. The van der Waals surface area contributed by atoms with Crippen LogP contribution in [0.4, 0.5) is 0 Å². The summed E-state index contributed by atoms with van der Waals surface area (Å²) in [4.78, 5) is 22.5. The van der Waals surface area contributed by atoms with Gasteiger partial charge in [0.05, 0.1) is 12.7 Å². The van der Waals surface area contributed by atoms with E-state index >= 15 is 0 Å². The van der Waals surface area contributed by atoms with Gasteiger partial charge in [0.2, 0.25) is 5.43 Å². The molecule has 0 spiro atoms. The molecule has 0 aliphatic heterocycles. The Hall–Kier alpha value is -1.64. The Bertz CT molecular complexity index is 382. The van der Waals surface area contributed by atoms with Crippen LogP contribution in [0.2, 0.25) is 0 Å². The Labute approximate surface area is 76.0 Å². The molecule has 3 nitrogen and oxygen atoms in total. The molecule has 0 amide bonds. The lowest BCUT2D eigenvalue weighted by molar-refractivity contribution is 0.101. The molecule has 1 aromatic rings. The first-order valence-corrected chi connectivity index (χ1v) is 3.85. The first-order chi connectivity index (χ1) is 6.16. The predicted molar refractivity (Wildman–Crippen MR) is 49.3 cm³/mol. The minimum atomic E-state index is -0.361. The van der Waals surface area contributed by atoms with Crippen LogP contribution in [-0.4, -0.2) is 12.9 Å². The van der Waals surface area contributed by atoms with Gasteiger partial charge in [0.1, 0.15) is 0 Å². The minimum Gasteiger partial charge on any atom is -0.493 e. The largest absolute Gasteiger partial charge is 0.493 e. The second kappa shape index (κ2) is 3.85. The van der Waals surface area contributed by atoms with Gasteiger partial charge in [-0.2, -0.15) is 0 Å². The van der Waals surface area contributed by atoms with Crippen molar-refractivity contribution in [3.63, 3.8) is 0 Å². The number of ether oxygens (including phenoxy) is 1. The predicted octanol–water partition coefficient (Wildman–Crippen LogP) is 1.26. The number of rotatable bonds is 2. The van der Waals surface area contributed by atoms with Gasteiger partial charge >= 0.3 is 0 Å². The summed E-state index contributed by atoms with van der Waals surface area (Å²) in [6.45, 7) is 1.36.